The van der Waals surface area contributed by atoms with Crippen molar-refractivity contribution in [3.05, 3.63) is 35.9 Å². The minimum atomic E-state index is -2.08. The number of likely N-dealkylation sites (tertiary alicyclic amines) is 1. The number of carbonyl (C=O) groups excluding carboxylic acids is 1. The lowest BCUT2D eigenvalue weighted by atomic mass is 10.2. The average molecular weight is 192 g/mol. The van der Waals surface area contributed by atoms with E-state index < -0.39 is 12.9 Å². The van der Waals surface area contributed by atoms with Crippen LogP contribution >= 0.6 is 0 Å². The summed E-state index contributed by atoms with van der Waals surface area (Å²) in [5.41, 5.74) is 0.559. The second-order valence-corrected chi connectivity index (χ2v) is 3.52. The average Bonchev–Trinajstić information content (AvgIpc) is 2.78. The summed E-state index contributed by atoms with van der Waals surface area (Å²) < 4.78 is 22.4. The van der Waals surface area contributed by atoms with E-state index in [1.165, 1.54) is 4.90 Å². The van der Waals surface area contributed by atoms with Crippen molar-refractivity contribution in [3.8, 4) is 0 Å². The molecule has 0 spiro atoms. The van der Waals surface area contributed by atoms with Gasteiger partial charge in [0.05, 0.1) is 0 Å². The van der Waals surface area contributed by atoms with Crippen molar-refractivity contribution in [1.82, 2.24) is 4.90 Å². The minimum Gasteiger partial charge on any atom is -0.336 e. The SMILES string of the molecule is [2H]C([2H])([2H])[C@@H]1CCCN1C(=O)c1ccccc1. The first-order valence-corrected chi connectivity index (χ1v) is 4.86. The monoisotopic (exact) mass is 192 g/mol. The van der Waals surface area contributed by atoms with E-state index in [0.29, 0.717) is 18.5 Å². The van der Waals surface area contributed by atoms with Gasteiger partial charge in [-0.25, -0.2) is 0 Å². The molecule has 0 N–H and O–H groups in total. The molecule has 1 saturated heterocycles. The third-order valence-corrected chi connectivity index (χ3v) is 2.53. The van der Waals surface area contributed by atoms with E-state index >= 15 is 0 Å². The maximum atomic E-state index is 12.2. The van der Waals surface area contributed by atoms with Crippen LogP contribution in [-0.2, 0) is 0 Å². The first-order chi connectivity index (χ1) is 8.00. The van der Waals surface area contributed by atoms with Crippen LogP contribution in [0.1, 0.15) is 34.2 Å². The van der Waals surface area contributed by atoms with Crippen LogP contribution in [0.4, 0.5) is 0 Å². The summed E-state index contributed by atoms with van der Waals surface area (Å²) in [5.74, 6) is -0.177. The summed E-state index contributed by atoms with van der Waals surface area (Å²) in [7, 11) is 0. The van der Waals surface area contributed by atoms with Gasteiger partial charge in [-0.1, -0.05) is 18.2 Å². The van der Waals surface area contributed by atoms with E-state index in [4.69, 9.17) is 4.11 Å². The number of hydrogen-bond donors (Lipinski definition) is 0. The fourth-order valence-electron chi connectivity index (χ4n) is 1.76. The molecule has 74 valence electrons. The van der Waals surface area contributed by atoms with E-state index in [1.54, 1.807) is 24.3 Å². The predicted molar refractivity (Wildman–Crippen MR) is 56.2 cm³/mol. The second-order valence-electron chi connectivity index (χ2n) is 3.52. The quantitative estimate of drug-likeness (QED) is 0.668. The summed E-state index contributed by atoms with van der Waals surface area (Å²) >= 11 is 0. The van der Waals surface area contributed by atoms with Gasteiger partial charge in [0.25, 0.3) is 5.91 Å². The smallest absolute Gasteiger partial charge is 0.254 e. The van der Waals surface area contributed by atoms with Crippen LogP contribution in [0.3, 0.4) is 0 Å². The Morgan fingerprint density at radius 3 is 3.00 bits per heavy atom. The molecule has 0 unspecified atom stereocenters. The van der Waals surface area contributed by atoms with Crippen LogP contribution in [-0.4, -0.2) is 23.4 Å². The maximum Gasteiger partial charge on any atom is 0.254 e. The van der Waals surface area contributed by atoms with Gasteiger partial charge in [-0.2, -0.15) is 0 Å². The Bertz CT molecular complexity index is 402. The maximum absolute atomic E-state index is 12.2. The van der Waals surface area contributed by atoms with E-state index in [9.17, 15) is 4.79 Å². The Balaban J connectivity index is 2.20. The zero-order valence-electron chi connectivity index (χ0n) is 10.9. The third-order valence-electron chi connectivity index (χ3n) is 2.53. The van der Waals surface area contributed by atoms with Gasteiger partial charge in [-0.15, -0.1) is 0 Å². The highest BCUT2D eigenvalue weighted by Gasteiger charge is 2.25. The fourth-order valence-corrected chi connectivity index (χ4v) is 1.76. The van der Waals surface area contributed by atoms with Gasteiger partial charge in [0.15, 0.2) is 0 Å². The van der Waals surface area contributed by atoms with Crippen LogP contribution in [0.2, 0.25) is 0 Å². The largest absolute Gasteiger partial charge is 0.336 e. The van der Waals surface area contributed by atoms with Crippen molar-refractivity contribution in [2.75, 3.05) is 6.54 Å². The Kier molecular flexibility index (Phi) is 1.70. The molecule has 1 heterocycles. The molecule has 0 radical (unpaired) electrons. The third kappa shape index (κ3) is 1.65. The minimum absolute atomic E-state index is 0.177. The molecule has 1 aliphatic rings. The van der Waals surface area contributed by atoms with E-state index in [1.807, 2.05) is 6.07 Å². The molecule has 1 aromatic carbocycles. The van der Waals surface area contributed by atoms with E-state index in [-0.39, 0.29) is 5.91 Å². The Hall–Kier alpha value is -1.31. The molecule has 2 rings (SSSR count). The van der Waals surface area contributed by atoms with Crippen molar-refractivity contribution >= 4 is 5.91 Å². The lowest BCUT2D eigenvalue weighted by Crippen LogP contribution is -2.33. The van der Waals surface area contributed by atoms with E-state index in [0.717, 1.165) is 6.42 Å². The highest BCUT2D eigenvalue weighted by atomic mass is 16.2. The van der Waals surface area contributed by atoms with Crippen LogP contribution in [0.5, 0.6) is 0 Å². The first kappa shape index (κ1) is 6.23. The second kappa shape index (κ2) is 3.82. The molecule has 0 aliphatic carbocycles. The van der Waals surface area contributed by atoms with Crippen LogP contribution in [0.15, 0.2) is 30.3 Å². The Morgan fingerprint density at radius 1 is 1.50 bits per heavy atom. The van der Waals surface area contributed by atoms with Crippen molar-refractivity contribution in [3.63, 3.8) is 0 Å². The standard InChI is InChI=1S/C12H15NO/c1-10-6-5-9-13(10)12(14)11-7-3-2-4-8-11/h2-4,7-8,10H,5-6,9H2,1H3/t10-/m1/s1/i1D3. The number of rotatable bonds is 1. The highest BCUT2D eigenvalue weighted by Crippen LogP contribution is 2.19. The lowest BCUT2D eigenvalue weighted by molar-refractivity contribution is 0.0747. The van der Waals surface area contributed by atoms with Gasteiger partial charge in [0.1, 0.15) is 0 Å². The highest BCUT2D eigenvalue weighted by molar-refractivity contribution is 5.94. The molecule has 0 aromatic heterocycles. The predicted octanol–water partition coefficient (Wildman–Crippen LogP) is 2.31. The molecule has 14 heavy (non-hydrogen) atoms. The van der Waals surface area contributed by atoms with Gasteiger partial charge >= 0.3 is 0 Å². The van der Waals surface area contributed by atoms with Gasteiger partial charge in [-0.05, 0) is 31.8 Å². The number of carbonyl (C=O) groups is 1. The van der Waals surface area contributed by atoms with Gasteiger partial charge in [-0.3, -0.25) is 4.79 Å². The van der Waals surface area contributed by atoms with Gasteiger partial charge in [0, 0.05) is 22.3 Å². The Labute approximate surface area is 88.8 Å². The summed E-state index contributed by atoms with van der Waals surface area (Å²) in [6, 6.07) is 8.22. The molecular weight excluding hydrogens is 174 g/mol. The molecule has 1 fully saturated rings. The molecule has 0 saturated carbocycles. The van der Waals surface area contributed by atoms with Gasteiger partial charge < -0.3 is 4.90 Å². The molecule has 2 nitrogen and oxygen atoms in total. The summed E-state index contributed by atoms with van der Waals surface area (Å²) in [6.45, 7) is -1.54. The number of nitrogens with zero attached hydrogens (tertiary/aromatic N) is 1. The first-order valence-electron chi connectivity index (χ1n) is 6.36. The normalized spacial score (nSPS) is 25.3. The van der Waals surface area contributed by atoms with Crippen LogP contribution in [0.25, 0.3) is 0 Å². The summed E-state index contributed by atoms with van der Waals surface area (Å²) in [5, 5.41) is 0. The summed E-state index contributed by atoms with van der Waals surface area (Å²) in [4.78, 5) is 13.7. The van der Waals surface area contributed by atoms with Crippen molar-refractivity contribution in [2.24, 2.45) is 0 Å². The number of amides is 1. The molecule has 1 aromatic rings. The van der Waals surface area contributed by atoms with Crippen molar-refractivity contribution in [2.45, 2.75) is 25.7 Å². The van der Waals surface area contributed by atoms with Crippen LogP contribution in [0, 0.1) is 0 Å². The van der Waals surface area contributed by atoms with Crippen molar-refractivity contribution in [1.29, 1.82) is 0 Å². The molecule has 1 aliphatic heterocycles. The lowest BCUT2D eigenvalue weighted by Gasteiger charge is -2.21. The van der Waals surface area contributed by atoms with Crippen LogP contribution < -0.4 is 0 Å². The number of benzene rings is 1. The fraction of sp³-hybridized carbons (Fsp3) is 0.417. The molecule has 0 bridgehead atoms. The molecular formula is C12H15NO. The topological polar surface area (TPSA) is 20.3 Å². The Morgan fingerprint density at radius 2 is 2.29 bits per heavy atom. The zero-order valence-corrected chi connectivity index (χ0v) is 7.94. The number of hydrogen-bond acceptors (Lipinski definition) is 1. The zero-order chi connectivity index (χ0) is 12.5. The van der Waals surface area contributed by atoms with E-state index in [2.05, 4.69) is 0 Å². The molecule has 1 amide bonds. The molecule has 1 atom stereocenters. The van der Waals surface area contributed by atoms with Crippen molar-refractivity contribution < 1.29 is 8.91 Å². The summed E-state index contributed by atoms with van der Waals surface area (Å²) in [6.07, 6.45) is 1.33. The van der Waals surface area contributed by atoms with Gasteiger partial charge in [0.2, 0.25) is 0 Å². The molecule has 2 heteroatoms.